The van der Waals surface area contributed by atoms with Crippen LogP contribution in [0.2, 0.25) is 4.34 Å². The van der Waals surface area contributed by atoms with Crippen LogP contribution in [0.3, 0.4) is 0 Å². The van der Waals surface area contributed by atoms with Crippen LogP contribution >= 0.6 is 22.9 Å². The second-order valence-electron chi connectivity index (χ2n) is 5.17. The Morgan fingerprint density at radius 1 is 1.24 bits per heavy atom. The molecule has 1 aliphatic carbocycles. The highest BCUT2D eigenvalue weighted by molar-refractivity contribution is 7.91. The van der Waals surface area contributed by atoms with Crippen molar-refractivity contribution in [3.8, 4) is 0 Å². The van der Waals surface area contributed by atoms with E-state index < -0.39 is 10.0 Å². The number of sulfonamides is 1. The molecule has 0 radical (unpaired) electrons. The molecule has 0 bridgehead atoms. The van der Waals surface area contributed by atoms with Gasteiger partial charge in [0.05, 0.1) is 4.34 Å². The Labute approximate surface area is 132 Å². The second-order valence-corrected chi connectivity index (χ2v) is 9.05. The first kappa shape index (κ1) is 15.1. The van der Waals surface area contributed by atoms with Gasteiger partial charge in [0.2, 0.25) is 0 Å². The van der Waals surface area contributed by atoms with Gasteiger partial charge in [-0.15, -0.1) is 11.3 Å². The molecule has 0 spiro atoms. The molecule has 0 aromatic carbocycles. The van der Waals surface area contributed by atoms with Crippen LogP contribution in [-0.2, 0) is 10.0 Å². The lowest BCUT2D eigenvalue weighted by molar-refractivity contribution is 0.172. The summed E-state index contributed by atoms with van der Waals surface area (Å²) < 4.78 is 27.0. The largest absolute Gasteiger partial charge is 0.335 e. The SMILES string of the molecule is O=C(NC1CC1)N1CCN(S(=O)(=O)c2ccc(Cl)s2)CC1. The lowest BCUT2D eigenvalue weighted by atomic mass is 10.4. The molecule has 3 rings (SSSR count). The summed E-state index contributed by atoms with van der Waals surface area (Å²) in [7, 11) is -3.49. The maximum Gasteiger partial charge on any atom is 0.317 e. The summed E-state index contributed by atoms with van der Waals surface area (Å²) in [6, 6.07) is 3.33. The van der Waals surface area contributed by atoms with Crippen molar-refractivity contribution in [3.63, 3.8) is 0 Å². The fourth-order valence-electron chi connectivity index (χ4n) is 2.19. The van der Waals surface area contributed by atoms with Crippen LogP contribution in [0.15, 0.2) is 16.3 Å². The van der Waals surface area contributed by atoms with Crippen molar-refractivity contribution >= 4 is 39.0 Å². The standard InChI is InChI=1S/C12H16ClN3O3S2/c13-10-3-4-11(20-10)21(18,19)16-7-5-15(6-8-16)12(17)14-9-1-2-9/h3-4,9H,1-2,5-8H2,(H,14,17). The van der Waals surface area contributed by atoms with E-state index in [1.54, 1.807) is 11.0 Å². The summed E-state index contributed by atoms with van der Waals surface area (Å²) in [4.78, 5) is 13.6. The number of piperazine rings is 1. The van der Waals surface area contributed by atoms with Crippen LogP contribution in [0.1, 0.15) is 12.8 Å². The van der Waals surface area contributed by atoms with Crippen LogP contribution in [0.25, 0.3) is 0 Å². The van der Waals surface area contributed by atoms with Crippen molar-refractivity contribution in [1.29, 1.82) is 0 Å². The summed E-state index contributed by atoms with van der Waals surface area (Å²) in [5, 5.41) is 2.92. The number of thiophene rings is 1. The van der Waals surface area contributed by atoms with Crippen molar-refractivity contribution in [2.45, 2.75) is 23.1 Å². The fraction of sp³-hybridized carbons (Fsp3) is 0.583. The molecule has 2 fully saturated rings. The van der Waals surface area contributed by atoms with Crippen LogP contribution in [0.5, 0.6) is 0 Å². The maximum absolute atomic E-state index is 12.4. The van der Waals surface area contributed by atoms with Gasteiger partial charge >= 0.3 is 6.03 Å². The minimum Gasteiger partial charge on any atom is -0.335 e. The van der Waals surface area contributed by atoms with Gasteiger partial charge in [0.1, 0.15) is 4.21 Å². The zero-order valence-corrected chi connectivity index (χ0v) is 13.7. The Morgan fingerprint density at radius 3 is 2.43 bits per heavy atom. The van der Waals surface area contributed by atoms with E-state index in [1.165, 1.54) is 10.4 Å². The molecule has 9 heteroatoms. The Hall–Kier alpha value is -0.830. The van der Waals surface area contributed by atoms with Crippen LogP contribution in [0, 0.1) is 0 Å². The second kappa shape index (κ2) is 5.75. The predicted molar refractivity (Wildman–Crippen MR) is 81.2 cm³/mol. The van der Waals surface area contributed by atoms with Gasteiger partial charge in [-0.1, -0.05) is 11.6 Å². The van der Waals surface area contributed by atoms with Crippen molar-refractivity contribution in [2.75, 3.05) is 26.2 Å². The normalized spacial score (nSPS) is 20.5. The molecule has 1 N–H and O–H groups in total. The Bertz CT molecular complexity index is 634. The van der Waals surface area contributed by atoms with E-state index in [4.69, 9.17) is 11.6 Å². The fourth-order valence-corrected chi connectivity index (χ4v) is 5.25. The highest BCUT2D eigenvalue weighted by Crippen LogP contribution is 2.28. The molecular formula is C12H16ClN3O3S2. The molecule has 1 aromatic heterocycles. The molecule has 0 unspecified atom stereocenters. The number of carbonyl (C=O) groups is 1. The molecule has 2 amide bonds. The van der Waals surface area contributed by atoms with Gasteiger partial charge in [-0.05, 0) is 25.0 Å². The monoisotopic (exact) mass is 349 g/mol. The van der Waals surface area contributed by atoms with Gasteiger partial charge < -0.3 is 10.2 Å². The van der Waals surface area contributed by atoms with E-state index in [0.29, 0.717) is 36.6 Å². The molecule has 0 atom stereocenters. The number of halogens is 1. The highest BCUT2D eigenvalue weighted by atomic mass is 35.5. The Kier molecular flexibility index (Phi) is 4.13. The molecular weight excluding hydrogens is 334 g/mol. The minimum absolute atomic E-state index is 0.0892. The van der Waals surface area contributed by atoms with Gasteiger partial charge in [0.25, 0.3) is 10.0 Å². The van der Waals surface area contributed by atoms with Gasteiger partial charge in [-0.25, -0.2) is 13.2 Å². The number of carbonyl (C=O) groups excluding carboxylic acids is 1. The number of urea groups is 1. The first-order valence-electron chi connectivity index (χ1n) is 6.78. The number of amides is 2. The number of nitrogens with zero attached hydrogens (tertiary/aromatic N) is 2. The van der Waals surface area contributed by atoms with E-state index in [9.17, 15) is 13.2 Å². The summed E-state index contributed by atoms with van der Waals surface area (Å²) in [5.41, 5.74) is 0. The highest BCUT2D eigenvalue weighted by Gasteiger charge is 2.32. The van der Waals surface area contributed by atoms with Gasteiger partial charge in [-0.2, -0.15) is 4.31 Å². The number of nitrogens with one attached hydrogen (secondary N) is 1. The molecule has 116 valence electrons. The van der Waals surface area contributed by atoms with E-state index in [0.717, 1.165) is 24.2 Å². The van der Waals surface area contributed by atoms with Gasteiger partial charge in [0.15, 0.2) is 0 Å². The zero-order chi connectivity index (χ0) is 15.0. The maximum atomic E-state index is 12.4. The zero-order valence-electron chi connectivity index (χ0n) is 11.3. The molecule has 1 aromatic rings. The average Bonchev–Trinajstić information content (AvgIpc) is 3.16. The van der Waals surface area contributed by atoms with Crippen molar-refractivity contribution in [3.05, 3.63) is 16.5 Å². The van der Waals surface area contributed by atoms with E-state index in [1.807, 2.05) is 0 Å². The molecule has 1 aliphatic heterocycles. The first-order chi connectivity index (χ1) is 9.96. The molecule has 1 saturated carbocycles. The van der Waals surface area contributed by atoms with E-state index in [2.05, 4.69) is 5.32 Å². The number of rotatable bonds is 3. The van der Waals surface area contributed by atoms with Crippen LogP contribution in [-0.4, -0.2) is 55.9 Å². The van der Waals surface area contributed by atoms with Gasteiger partial charge in [-0.3, -0.25) is 0 Å². The lowest BCUT2D eigenvalue weighted by Gasteiger charge is -2.33. The molecule has 2 heterocycles. The molecule has 2 aliphatic rings. The van der Waals surface area contributed by atoms with E-state index >= 15 is 0 Å². The quantitative estimate of drug-likeness (QED) is 0.900. The van der Waals surface area contributed by atoms with Crippen molar-refractivity contribution in [1.82, 2.24) is 14.5 Å². The molecule has 1 saturated heterocycles. The summed E-state index contributed by atoms with van der Waals surface area (Å²) in [5.74, 6) is 0. The molecule has 21 heavy (non-hydrogen) atoms. The predicted octanol–water partition coefficient (Wildman–Crippen LogP) is 1.58. The molecule has 6 nitrogen and oxygen atoms in total. The summed E-state index contributed by atoms with van der Waals surface area (Å²) in [6.45, 7) is 1.46. The topological polar surface area (TPSA) is 69.7 Å². The Balaban J connectivity index is 1.61. The smallest absolute Gasteiger partial charge is 0.317 e. The minimum atomic E-state index is -3.49. The van der Waals surface area contributed by atoms with Crippen molar-refractivity contribution < 1.29 is 13.2 Å². The third-order valence-corrected chi connectivity index (χ3v) is 7.17. The van der Waals surface area contributed by atoms with Crippen molar-refractivity contribution in [2.24, 2.45) is 0 Å². The van der Waals surface area contributed by atoms with Gasteiger partial charge in [0, 0.05) is 32.2 Å². The lowest BCUT2D eigenvalue weighted by Crippen LogP contribution is -2.53. The Morgan fingerprint density at radius 2 is 1.90 bits per heavy atom. The van der Waals surface area contributed by atoms with E-state index in [-0.39, 0.29) is 10.2 Å². The van der Waals surface area contributed by atoms with Crippen LogP contribution < -0.4 is 5.32 Å². The third-order valence-electron chi connectivity index (χ3n) is 3.57. The average molecular weight is 350 g/mol. The number of hydrogen-bond donors (Lipinski definition) is 1. The third kappa shape index (κ3) is 3.33. The summed E-state index contributed by atoms with van der Waals surface area (Å²) >= 11 is 6.85. The van der Waals surface area contributed by atoms with Crippen LogP contribution in [0.4, 0.5) is 4.79 Å². The first-order valence-corrected chi connectivity index (χ1v) is 9.41. The summed E-state index contributed by atoms with van der Waals surface area (Å²) in [6.07, 6.45) is 2.08. The number of hydrogen-bond acceptors (Lipinski definition) is 4.